The van der Waals surface area contributed by atoms with Crippen LogP contribution in [0.2, 0.25) is 0 Å². The molecule has 2 nitrogen and oxygen atoms in total. The quantitative estimate of drug-likeness (QED) is 0.882. The maximum atomic E-state index is 6.19. The van der Waals surface area contributed by atoms with Crippen molar-refractivity contribution < 1.29 is 0 Å². The molecule has 0 saturated heterocycles. The highest BCUT2D eigenvalue weighted by Gasteiger charge is 2.20. The second kappa shape index (κ2) is 5.72. The van der Waals surface area contributed by atoms with Gasteiger partial charge in [-0.2, -0.15) is 0 Å². The van der Waals surface area contributed by atoms with E-state index in [1.807, 2.05) is 0 Å². The molecule has 19 heavy (non-hydrogen) atoms. The Bertz CT molecular complexity index is 544. The maximum Gasteiger partial charge on any atom is 0.0222 e. The number of fused-ring (bicyclic) bond motifs is 1. The lowest BCUT2D eigenvalue weighted by atomic mass is 9.91. The van der Waals surface area contributed by atoms with Crippen LogP contribution in [0.15, 0.2) is 42.5 Å². The molecule has 3 rings (SSSR count). The van der Waals surface area contributed by atoms with Crippen LogP contribution in [-0.2, 0) is 6.54 Å². The first kappa shape index (κ1) is 12.6. The van der Waals surface area contributed by atoms with Gasteiger partial charge in [0.15, 0.2) is 0 Å². The van der Waals surface area contributed by atoms with Crippen LogP contribution >= 0.6 is 0 Å². The van der Waals surface area contributed by atoms with Crippen LogP contribution in [0, 0.1) is 0 Å². The molecule has 2 aromatic carbocycles. The molecule has 2 atom stereocenters. The first-order chi connectivity index (χ1) is 9.34. The summed E-state index contributed by atoms with van der Waals surface area (Å²) in [5, 5.41) is 6.32. The van der Waals surface area contributed by atoms with Gasteiger partial charge in [0.05, 0.1) is 0 Å². The second-order valence-corrected chi connectivity index (χ2v) is 5.57. The van der Waals surface area contributed by atoms with Gasteiger partial charge in [-0.05, 0) is 29.2 Å². The summed E-state index contributed by atoms with van der Waals surface area (Å²) in [4.78, 5) is 0. The third-order valence-corrected chi connectivity index (χ3v) is 4.25. The van der Waals surface area contributed by atoms with Crippen molar-refractivity contribution in [3.8, 4) is 0 Å². The summed E-state index contributed by atoms with van der Waals surface area (Å²) in [6.07, 6.45) is 4.97. The smallest absolute Gasteiger partial charge is 0.0222 e. The highest BCUT2D eigenvalue weighted by molar-refractivity contribution is 5.85. The number of rotatable bonds is 3. The zero-order valence-electron chi connectivity index (χ0n) is 11.3. The van der Waals surface area contributed by atoms with Crippen molar-refractivity contribution in [2.45, 2.75) is 44.3 Å². The Balaban J connectivity index is 1.74. The summed E-state index contributed by atoms with van der Waals surface area (Å²) >= 11 is 0. The van der Waals surface area contributed by atoms with Gasteiger partial charge in [0.25, 0.3) is 0 Å². The standard InChI is InChI=1S/C17H22N2/c18-16-10-3-4-11-17(16)19-12-14-8-5-7-13-6-1-2-9-15(13)14/h1-2,5-9,16-17,19H,3-4,10-12,18H2/t16-,17-/m1/s1. The average molecular weight is 254 g/mol. The first-order valence-electron chi connectivity index (χ1n) is 7.30. The molecule has 1 aliphatic rings. The molecule has 0 unspecified atom stereocenters. The highest BCUT2D eigenvalue weighted by Crippen LogP contribution is 2.20. The molecule has 0 aliphatic heterocycles. The monoisotopic (exact) mass is 254 g/mol. The van der Waals surface area contributed by atoms with E-state index in [1.165, 1.54) is 35.6 Å². The Morgan fingerprint density at radius 2 is 1.79 bits per heavy atom. The lowest BCUT2D eigenvalue weighted by molar-refractivity contribution is 0.327. The molecule has 2 heteroatoms. The summed E-state index contributed by atoms with van der Waals surface area (Å²) < 4.78 is 0. The molecule has 3 N–H and O–H groups in total. The lowest BCUT2D eigenvalue weighted by Gasteiger charge is -2.29. The molecule has 0 bridgehead atoms. The van der Waals surface area contributed by atoms with Crippen LogP contribution in [0.3, 0.4) is 0 Å². The van der Waals surface area contributed by atoms with Gasteiger partial charge in [0, 0.05) is 18.6 Å². The molecule has 2 aromatic rings. The largest absolute Gasteiger partial charge is 0.326 e. The van der Waals surface area contributed by atoms with E-state index in [4.69, 9.17) is 5.73 Å². The summed E-state index contributed by atoms with van der Waals surface area (Å²) in [5.74, 6) is 0. The van der Waals surface area contributed by atoms with Gasteiger partial charge in [0.2, 0.25) is 0 Å². The molecule has 0 aromatic heterocycles. The second-order valence-electron chi connectivity index (χ2n) is 5.57. The Morgan fingerprint density at radius 1 is 1.00 bits per heavy atom. The van der Waals surface area contributed by atoms with Crippen molar-refractivity contribution in [1.29, 1.82) is 0 Å². The average Bonchev–Trinajstić information content (AvgIpc) is 2.46. The van der Waals surface area contributed by atoms with Crippen LogP contribution in [0.5, 0.6) is 0 Å². The van der Waals surface area contributed by atoms with Crippen LogP contribution < -0.4 is 11.1 Å². The van der Waals surface area contributed by atoms with E-state index >= 15 is 0 Å². The number of nitrogens with two attached hydrogens (primary N) is 1. The van der Waals surface area contributed by atoms with Gasteiger partial charge in [-0.15, -0.1) is 0 Å². The third kappa shape index (κ3) is 2.80. The minimum absolute atomic E-state index is 0.323. The van der Waals surface area contributed by atoms with Crippen molar-refractivity contribution in [1.82, 2.24) is 5.32 Å². The summed E-state index contributed by atoms with van der Waals surface area (Å²) in [6.45, 7) is 0.916. The van der Waals surface area contributed by atoms with Crippen LogP contribution in [0.25, 0.3) is 10.8 Å². The van der Waals surface area contributed by atoms with E-state index in [0.717, 1.165) is 13.0 Å². The fraction of sp³-hybridized carbons (Fsp3) is 0.412. The molecule has 1 aliphatic carbocycles. The van der Waals surface area contributed by atoms with Crippen molar-refractivity contribution in [2.75, 3.05) is 0 Å². The molecule has 0 amide bonds. The SMILES string of the molecule is N[C@@H]1CCCC[C@H]1NCc1cccc2ccccc12. The van der Waals surface area contributed by atoms with Crippen molar-refractivity contribution in [2.24, 2.45) is 5.73 Å². The van der Waals surface area contributed by atoms with Crippen molar-refractivity contribution in [3.63, 3.8) is 0 Å². The molecule has 1 fully saturated rings. The van der Waals surface area contributed by atoms with Gasteiger partial charge >= 0.3 is 0 Å². The summed E-state index contributed by atoms with van der Waals surface area (Å²) in [6, 6.07) is 15.9. The minimum Gasteiger partial charge on any atom is -0.326 e. The Kier molecular flexibility index (Phi) is 3.81. The summed E-state index contributed by atoms with van der Waals surface area (Å²) in [5.41, 5.74) is 7.56. The zero-order chi connectivity index (χ0) is 13.1. The van der Waals surface area contributed by atoms with Crippen LogP contribution in [-0.4, -0.2) is 12.1 Å². The number of hydrogen-bond acceptors (Lipinski definition) is 2. The lowest BCUT2D eigenvalue weighted by Crippen LogP contribution is -2.46. The molecule has 0 radical (unpaired) electrons. The van der Waals surface area contributed by atoms with Gasteiger partial charge < -0.3 is 11.1 Å². The molecule has 1 saturated carbocycles. The molecular formula is C17H22N2. The van der Waals surface area contributed by atoms with Gasteiger partial charge in [-0.3, -0.25) is 0 Å². The molecule has 100 valence electrons. The summed E-state index contributed by atoms with van der Waals surface area (Å²) in [7, 11) is 0. The number of benzene rings is 2. The fourth-order valence-electron chi connectivity index (χ4n) is 3.10. The van der Waals surface area contributed by atoms with Gasteiger partial charge in [0.1, 0.15) is 0 Å². The van der Waals surface area contributed by atoms with Crippen molar-refractivity contribution in [3.05, 3.63) is 48.0 Å². The maximum absolute atomic E-state index is 6.19. The predicted molar refractivity (Wildman–Crippen MR) is 81.0 cm³/mol. The third-order valence-electron chi connectivity index (χ3n) is 4.25. The Labute approximate surface area is 115 Å². The van der Waals surface area contributed by atoms with E-state index in [1.54, 1.807) is 0 Å². The topological polar surface area (TPSA) is 38.0 Å². The number of nitrogens with one attached hydrogen (secondary N) is 1. The molecule has 0 spiro atoms. The van der Waals surface area contributed by atoms with E-state index in [-0.39, 0.29) is 0 Å². The van der Waals surface area contributed by atoms with E-state index in [9.17, 15) is 0 Å². The normalized spacial score (nSPS) is 23.6. The predicted octanol–water partition coefficient (Wildman–Crippen LogP) is 3.20. The van der Waals surface area contributed by atoms with Gasteiger partial charge in [-0.25, -0.2) is 0 Å². The van der Waals surface area contributed by atoms with Crippen LogP contribution in [0.4, 0.5) is 0 Å². The minimum atomic E-state index is 0.323. The zero-order valence-corrected chi connectivity index (χ0v) is 11.3. The van der Waals surface area contributed by atoms with E-state index in [2.05, 4.69) is 47.8 Å². The Hall–Kier alpha value is -1.38. The van der Waals surface area contributed by atoms with Crippen LogP contribution in [0.1, 0.15) is 31.2 Å². The van der Waals surface area contributed by atoms with E-state index in [0.29, 0.717) is 12.1 Å². The highest BCUT2D eigenvalue weighted by atomic mass is 15.0. The number of hydrogen-bond donors (Lipinski definition) is 2. The Morgan fingerprint density at radius 3 is 2.68 bits per heavy atom. The first-order valence-corrected chi connectivity index (χ1v) is 7.30. The van der Waals surface area contributed by atoms with Crippen molar-refractivity contribution >= 4 is 10.8 Å². The molecular weight excluding hydrogens is 232 g/mol. The van der Waals surface area contributed by atoms with E-state index < -0.39 is 0 Å². The molecule has 0 heterocycles. The fourth-order valence-corrected chi connectivity index (χ4v) is 3.10. The van der Waals surface area contributed by atoms with Gasteiger partial charge in [-0.1, -0.05) is 55.3 Å².